The highest BCUT2D eigenvalue weighted by atomic mass is 16.5. The number of amides is 1. The van der Waals surface area contributed by atoms with Gasteiger partial charge in [0.25, 0.3) is 5.91 Å². The average Bonchev–Trinajstić information content (AvgIpc) is 3.48. The predicted octanol–water partition coefficient (Wildman–Crippen LogP) is 3.60. The van der Waals surface area contributed by atoms with Gasteiger partial charge in [0.1, 0.15) is 11.8 Å². The molecule has 0 unspecified atom stereocenters. The summed E-state index contributed by atoms with van der Waals surface area (Å²) in [5.41, 5.74) is 5.14. The van der Waals surface area contributed by atoms with Crippen LogP contribution in [0.2, 0.25) is 0 Å². The normalized spacial score (nSPS) is 15.6. The quantitative estimate of drug-likeness (QED) is 0.549. The molecule has 2 N–H and O–H groups in total. The van der Waals surface area contributed by atoms with Crippen LogP contribution in [0.25, 0.3) is 11.3 Å². The molecule has 4 aromatic rings. The summed E-state index contributed by atoms with van der Waals surface area (Å²) in [6, 6.07) is 17.3. The Morgan fingerprint density at radius 1 is 1.13 bits per heavy atom. The maximum atomic E-state index is 13.7. The van der Waals surface area contributed by atoms with Crippen LogP contribution in [0.1, 0.15) is 33.4 Å². The zero-order valence-corrected chi connectivity index (χ0v) is 16.5. The number of aromatic nitrogens is 4. The van der Waals surface area contributed by atoms with E-state index in [2.05, 4.69) is 20.2 Å². The van der Waals surface area contributed by atoms with Gasteiger partial charge in [-0.1, -0.05) is 42.5 Å². The molecule has 2 aromatic heterocycles. The second-order valence-electron chi connectivity index (χ2n) is 7.22. The third-order valence-electron chi connectivity index (χ3n) is 5.55. The van der Waals surface area contributed by atoms with Crippen molar-refractivity contribution in [3.63, 3.8) is 0 Å². The smallest absolute Gasteiger partial charge is 0.258 e. The summed E-state index contributed by atoms with van der Waals surface area (Å²) in [6.07, 6.45) is 4.03. The van der Waals surface area contributed by atoms with Crippen LogP contribution in [0, 0.1) is 0 Å². The van der Waals surface area contributed by atoms with E-state index in [-0.39, 0.29) is 11.9 Å². The molecule has 0 radical (unpaired) electrons. The van der Waals surface area contributed by atoms with Crippen LogP contribution in [0.5, 0.6) is 5.75 Å². The number of hydrogen-bond acceptors (Lipinski definition) is 4. The van der Waals surface area contributed by atoms with Crippen LogP contribution >= 0.6 is 0 Å². The summed E-state index contributed by atoms with van der Waals surface area (Å²) in [6.45, 7) is 0.587. The molecule has 2 aromatic carbocycles. The van der Waals surface area contributed by atoms with Crippen molar-refractivity contribution in [3.05, 3.63) is 89.6 Å². The van der Waals surface area contributed by atoms with Gasteiger partial charge in [0.05, 0.1) is 36.6 Å². The number of imidazole rings is 1. The molecule has 1 amide bonds. The minimum atomic E-state index is -0.281. The number of nitrogens with zero attached hydrogens (tertiary/aromatic N) is 3. The zero-order valence-electron chi connectivity index (χ0n) is 16.5. The fourth-order valence-electron chi connectivity index (χ4n) is 4.05. The highest BCUT2D eigenvalue weighted by molar-refractivity contribution is 6.00. The molecular formula is C23H21N5O2. The van der Waals surface area contributed by atoms with Crippen LogP contribution < -0.4 is 4.74 Å². The number of ether oxygens (including phenoxy) is 1. The number of carbonyl (C=O) groups is 1. The van der Waals surface area contributed by atoms with Gasteiger partial charge in [0, 0.05) is 24.2 Å². The lowest BCUT2D eigenvalue weighted by atomic mass is 9.94. The molecule has 1 aliphatic rings. The topological polar surface area (TPSA) is 86.9 Å². The molecule has 0 bridgehead atoms. The van der Waals surface area contributed by atoms with E-state index >= 15 is 0 Å². The van der Waals surface area contributed by atoms with Gasteiger partial charge in [-0.2, -0.15) is 5.10 Å². The molecule has 0 saturated carbocycles. The van der Waals surface area contributed by atoms with E-state index < -0.39 is 0 Å². The van der Waals surface area contributed by atoms with Crippen molar-refractivity contribution >= 4 is 5.91 Å². The van der Waals surface area contributed by atoms with Crippen molar-refractivity contribution < 1.29 is 9.53 Å². The van der Waals surface area contributed by atoms with E-state index in [1.165, 1.54) is 0 Å². The number of nitrogens with one attached hydrogen (secondary N) is 2. The first-order valence-electron chi connectivity index (χ1n) is 9.82. The number of carbonyl (C=O) groups excluding carboxylic acids is 1. The van der Waals surface area contributed by atoms with Crippen molar-refractivity contribution in [2.75, 3.05) is 13.7 Å². The van der Waals surface area contributed by atoms with Crippen LogP contribution in [0.3, 0.4) is 0 Å². The SMILES string of the molecule is COc1ccc([C@H]2c3nc[nH]c3CCN2C(=O)c2cn[nH]c2-c2ccccc2)cc1. The molecule has 0 aliphatic carbocycles. The van der Waals surface area contributed by atoms with Crippen molar-refractivity contribution in [2.24, 2.45) is 0 Å². The third kappa shape index (κ3) is 3.04. The van der Waals surface area contributed by atoms with E-state index in [1.807, 2.05) is 59.5 Å². The number of aromatic amines is 2. The van der Waals surface area contributed by atoms with Gasteiger partial charge in [0.2, 0.25) is 0 Å². The monoisotopic (exact) mass is 399 g/mol. The van der Waals surface area contributed by atoms with E-state index in [0.29, 0.717) is 12.1 Å². The first-order chi connectivity index (χ1) is 14.8. The maximum absolute atomic E-state index is 13.7. The van der Waals surface area contributed by atoms with Crippen LogP contribution in [0.15, 0.2) is 67.1 Å². The summed E-state index contributed by atoms with van der Waals surface area (Å²) in [4.78, 5) is 23.3. The van der Waals surface area contributed by atoms with Gasteiger partial charge in [-0.3, -0.25) is 9.89 Å². The second kappa shape index (κ2) is 7.51. The lowest BCUT2D eigenvalue weighted by Gasteiger charge is -2.35. The number of benzene rings is 2. The Morgan fingerprint density at radius 2 is 1.93 bits per heavy atom. The first kappa shape index (κ1) is 18.2. The van der Waals surface area contributed by atoms with Crippen LogP contribution in [0.4, 0.5) is 0 Å². The lowest BCUT2D eigenvalue weighted by molar-refractivity contribution is 0.0691. The summed E-state index contributed by atoms with van der Waals surface area (Å²) in [5, 5.41) is 7.15. The molecule has 0 fully saturated rings. The largest absolute Gasteiger partial charge is 0.497 e. The summed E-state index contributed by atoms with van der Waals surface area (Å²) < 4.78 is 5.29. The van der Waals surface area contributed by atoms with Crippen molar-refractivity contribution in [2.45, 2.75) is 12.5 Å². The summed E-state index contributed by atoms with van der Waals surface area (Å²) >= 11 is 0. The van der Waals surface area contributed by atoms with Gasteiger partial charge in [-0.15, -0.1) is 0 Å². The predicted molar refractivity (Wildman–Crippen MR) is 112 cm³/mol. The third-order valence-corrected chi connectivity index (χ3v) is 5.55. The Kier molecular flexibility index (Phi) is 4.55. The number of rotatable bonds is 4. The molecule has 150 valence electrons. The Labute approximate surface area is 173 Å². The Bertz CT molecular complexity index is 1160. The van der Waals surface area contributed by atoms with Crippen LogP contribution in [-0.2, 0) is 6.42 Å². The minimum Gasteiger partial charge on any atom is -0.497 e. The summed E-state index contributed by atoms with van der Waals surface area (Å²) in [7, 11) is 1.64. The number of fused-ring (bicyclic) bond motifs is 1. The fraction of sp³-hybridized carbons (Fsp3) is 0.174. The number of methoxy groups -OCH3 is 1. The molecule has 3 heterocycles. The number of hydrogen-bond donors (Lipinski definition) is 2. The molecular weight excluding hydrogens is 378 g/mol. The van der Waals surface area contributed by atoms with Gasteiger partial charge in [-0.25, -0.2) is 4.98 Å². The van der Waals surface area contributed by atoms with Crippen molar-refractivity contribution in [1.82, 2.24) is 25.1 Å². The van der Waals surface area contributed by atoms with E-state index in [1.54, 1.807) is 19.6 Å². The van der Waals surface area contributed by atoms with Crippen molar-refractivity contribution in [3.8, 4) is 17.0 Å². The molecule has 7 heteroatoms. The van der Waals surface area contributed by atoms with E-state index in [4.69, 9.17) is 4.74 Å². The Morgan fingerprint density at radius 3 is 2.70 bits per heavy atom. The lowest BCUT2D eigenvalue weighted by Crippen LogP contribution is -2.40. The molecule has 1 aliphatic heterocycles. The molecule has 30 heavy (non-hydrogen) atoms. The van der Waals surface area contributed by atoms with Gasteiger partial charge in [0.15, 0.2) is 0 Å². The molecule has 0 saturated heterocycles. The maximum Gasteiger partial charge on any atom is 0.258 e. The van der Waals surface area contributed by atoms with Crippen LogP contribution in [-0.4, -0.2) is 44.6 Å². The standard InChI is InChI=1S/C23H21N5O2/c1-30-17-9-7-16(8-10-17)22-21-19(24-14-25-21)11-12-28(22)23(29)18-13-26-27-20(18)15-5-3-2-4-6-15/h2-10,13-14,22H,11-12H2,1H3,(H,24,25)(H,26,27)/t22-/m0/s1. The number of H-pyrrole nitrogens is 2. The van der Waals surface area contributed by atoms with E-state index in [0.717, 1.165) is 40.4 Å². The van der Waals surface area contributed by atoms with Gasteiger partial charge < -0.3 is 14.6 Å². The highest BCUT2D eigenvalue weighted by Crippen LogP contribution is 2.36. The summed E-state index contributed by atoms with van der Waals surface area (Å²) in [5.74, 6) is 0.702. The van der Waals surface area contributed by atoms with E-state index in [9.17, 15) is 4.79 Å². The zero-order chi connectivity index (χ0) is 20.5. The second-order valence-corrected chi connectivity index (χ2v) is 7.22. The minimum absolute atomic E-state index is 0.0722. The fourth-order valence-corrected chi connectivity index (χ4v) is 4.05. The van der Waals surface area contributed by atoms with Gasteiger partial charge >= 0.3 is 0 Å². The molecule has 0 spiro atoms. The first-order valence-corrected chi connectivity index (χ1v) is 9.82. The van der Waals surface area contributed by atoms with Crippen molar-refractivity contribution in [1.29, 1.82) is 0 Å². The Hall–Kier alpha value is -3.87. The molecule has 1 atom stereocenters. The highest BCUT2D eigenvalue weighted by Gasteiger charge is 2.35. The average molecular weight is 399 g/mol. The molecule has 5 rings (SSSR count). The van der Waals surface area contributed by atoms with Gasteiger partial charge in [-0.05, 0) is 17.7 Å². The Balaban J connectivity index is 1.56. The molecule has 7 nitrogen and oxygen atoms in total.